The summed E-state index contributed by atoms with van der Waals surface area (Å²) in [7, 11) is -3.69. The third kappa shape index (κ3) is 3.65. The molecule has 0 aromatic rings. The first-order valence-corrected chi connectivity index (χ1v) is 7.06. The van der Waals surface area contributed by atoms with E-state index in [4.69, 9.17) is 10.8 Å². The summed E-state index contributed by atoms with van der Waals surface area (Å²) >= 11 is 0. The molecule has 1 amide bonds. The van der Waals surface area contributed by atoms with Crippen molar-refractivity contribution in [3.8, 4) is 0 Å². The average Bonchev–Trinajstić information content (AvgIpc) is 2.28. The Labute approximate surface area is 105 Å². The Balaban J connectivity index is 2.61. The fraction of sp³-hybridized carbons (Fsp3) is 0.778. The van der Waals surface area contributed by atoms with E-state index in [0.29, 0.717) is 13.1 Å². The number of carboxylic acids is 1. The van der Waals surface area contributed by atoms with E-state index in [9.17, 15) is 18.0 Å². The van der Waals surface area contributed by atoms with Gasteiger partial charge in [0.15, 0.2) is 0 Å². The van der Waals surface area contributed by atoms with Gasteiger partial charge in [0.1, 0.15) is 6.04 Å². The number of nitrogens with zero attached hydrogens (tertiary/aromatic N) is 2. The normalized spacial score (nSPS) is 19.6. The molecule has 1 fully saturated rings. The summed E-state index contributed by atoms with van der Waals surface area (Å²) in [6, 6.07) is -1.43. The number of piperazine rings is 1. The Morgan fingerprint density at radius 2 is 1.78 bits per heavy atom. The third-order valence-electron chi connectivity index (χ3n) is 2.78. The van der Waals surface area contributed by atoms with Crippen molar-refractivity contribution in [2.75, 3.05) is 31.9 Å². The van der Waals surface area contributed by atoms with Crippen LogP contribution in [0.15, 0.2) is 0 Å². The van der Waals surface area contributed by atoms with E-state index in [2.05, 4.69) is 0 Å². The quantitative estimate of drug-likeness (QED) is 0.607. The molecule has 1 unspecified atom stereocenters. The number of amides is 1. The number of carbonyl (C=O) groups excluding carboxylic acids is 1. The summed E-state index contributed by atoms with van der Waals surface area (Å²) in [4.78, 5) is 23.2. The van der Waals surface area contributed by atoms with Crippen molar-refractivity contribution in [1.82, 2.24) is 9.21 Å². The van der Waals surface area contributed by atoms with Gasteiger partial charge in [0.25, 0.3) is 0 Å². The van der Waals surface area contributed by atoms with Crippen LogP contribution in [0.5, 0.6) is 0 Å². The highest BCUT2D eigenvalue weighted by Crippen LogP contribution is 2.09. The molecule has 9 heteroatoms. The molecule has 0 aliphatic carbocycles. The number of carbonyl (C=O) groups is 2. The molecule has 0 aromatic heterocycles. The van der Waals surface area contributed by atoms with E-state index >= 15 is 0 Å². The number of carboxylic acid groups (broad SMARTS) is 1. The van der Waals surface area contributed by atoms with E-state index in [0.717, 1.165) is 0 Å². The third-order valence-corrected chi connectivity index (χ3v) is 4.72. The smallest absolute Gasteiger partial charge is 0.321 e. The van der Waals surface area contributed by atoms with Gasteiger partial charge >= 0.3 is 5.97 Å². The predicted octanol–water partition coefficient (Wildman–Crippen LogP) is -2.11. The molecule has 3 N–H and O–H groups in total. The molecule has 0 spiro atoms. The number of hydrogen-bond donors (Lipinski definition) is 2. The van der Waals surface area contributed by atoms with Crippen LogP contribution in [-0.2, 0) is 19.6 Å². The molecule has 1 atom stereocenters. The first-order chi connectivity index (χ1) is 8.24. The average molecular weight is 279 g/mol. The summed E-state index contributed by atoms with van der Waals surface area (Å²) in [6.45, 7) is 2.40. The zero-order valence-corrected chi connectivity index (χ0v) is 10.9. The number of aliphatic carboxylic acids is 1. The molecule has 1 heterocycles. The van der Waals surface area contributed by atoms with Gasteiger partial charge in [-0.25, -0.2) is 8.42 Å². The fourth-order valence-corrected chi connectivity index (χ4v) is 3.21. The van der Waals surface area contributed by atoms with Gasteiger partial charge in [0.2, 0.25) is 15.9 Å². The highest BCUT2D eigenvalue weighted by Gasteiger charge is 2.30. The van der Waals surface area contributed by atoms with Crippen LogP contribution in [0.3, 0.4) is 0 Å². The predicted molar refractivity (Wildman–Crippen MR) is 63.2 cm³/mol. The minimum absolute atomic E-state index is 0.103. The van der Waals surface area contributed by atoms with Crippen molar-refractivity contribution in [3.05, 3.63) is 0 Å². The molecule has 1 aliphatic rings. The molecule has 0 aromatic carbocycles. The minimum atomic E-state index is -3.69. The maximum Gasteiger partial charge on any atom is 0.321 e. The van der Waals surface area contributed by atoms with Gasteiger partial charge in [-0.2, -0.15) is 4.31 Å². The molecule has 18 heavy (non-hydrogen) atoms. The molecule has 1 aliphatic heterocycles. The van der Waals surface area contributed by atoms with E-state index < -0.39 is 27.8 Å². The lowest BCUT2D eigenvalue weighted by molar-refractivity contribution is -0.138. The van der Waals surface area contributed by atoms with Gasteiger partial charge in [-0.1, -0.05) is 0 Å². The van der Waals surface area contributed by atoms with Gasteiger partial charge in [0, 0.05) is 33.1 Å². The number of nitrogens with two attached hydrogens (primary N) is 1. The molecular formula is C9H17N3O5S. The Morgan fingerprint density at radius 3 is 2.17 bits per heavy atom. The topological polar surface area (TPSA) is 121 Å². The van der Waals surface area contributed by atoms with Gasteiger partial charge < -0.3 is 15.7 Å². The zero-order chi connectivity index (χ0) is 13.9. The van der Waals surface area contributed by atoms with Crippen LogP contribution >= 0.6 is 0 Å². The Morgan fingerprint density at radius 1 is 1.28 bits per heavy atom. The highest BCUT2D eigenvalue weighted by atomic mass is 32.2. The molecule has 0 saturated carbocycles. The van der Waals surface area contributed by atoms with Crippen LogP contribution in [0.1, 0.15) is 6.92 Å². The van der Waals surface area contributed by atoms with Gasteiger partial charge in [-0.3, -0.25) is 9.59 Å². The first-order valence-electron chi connectivity index (χ1n) is 5.46. The van der Waals surface area contributed by atoms with Crippen LogP contribution in [0.4, 0.5) is 0 Å². The summed E-state index contributed by atoms with van der Waals surface area (Å²) in [5, 5.41) is 8.60. The molecule has 0 bridgehead atoms. The Kier molecular flexibility index (Phi) is 4.65. The lowest BCUT2D eigenvalue weighted by Crippen LogP contribution is -2.52. The number of rotatable bonds is 4. The first kappa shape index (κ1) is 14.9. The maximum atomic E-state index is 11.9. The van der Waals surface area contributed by atoms with Crippen LogP contribution < -0.4 is 5.73 Å². The molecule has 104 valence electrons. The van der Waals surface area contributed by atoms with Gasteiger partial charge in [0.05, 0.1) is 5.75 Å². The maximum absolute atomic E-state index is 11.9. The van der Waals surface area contributed by atoms with E-state index in [1.54, 1.807) is 4.90 Å². The molecule has 0 radical (unpaired) electrons. The van der Waals surface area contributed by atoms with E-state index in [-0.39, 0.29) is 19.0 Å². The van der Waals surface area contributed by atoms with Crippen molar-refractivity contribution < 1.29 is 23.1 Å². The Bertz CT molecular complexity index is 427. The summed E-state index contributed by atoms with van der Waals surface area (Å²) in [6.07, 6.45) is 0. The summed E-state index contributed by atoms with van der Waals surface area (Å²) in [5.74, 6) is -2.07. The van der Waals surface area contributed by atoms with Crippen LogP contribution in [-0.4, -0.2) is 72.6 Å². The number of sulfonamides is 1. The van der Waals surface area contributed by atoms with Gasteiger partial charge in [-0.15, -0.1) is 0 Å². The molecule has 8 nitrogen and oxygen atoms in total. The lowest BCUT2D eigenvalue weighted by atomic mass is 10.3. The van der Waals surface area contributed by atoms with E-state index in [1.165, 1.54) is 11.2 Å². The summed E-state index contributed by atoms with van der Waals surface area (Å²) in [5.41, 5.74) is 5.21. The molecular weight excluding hydrogens is 262 g/mol. The van der Waals surface area contributed by atoms with Crippen molar-refractivity contribution in [2.45, 2.75) is 13.0 Å². The lowest BCUT2D eigenvalue weighted by Gasteiger charge is -2.33. The highest BCUT2D eigenvalue weighted by molar-refractivity contribution is 7.89. The van der Waals surface area contributed by atoms with Crippen molar-refractivity contribution in [1.29, 1.82) is 0 Å². The summed E-state index contributed by atoms with van der Waals surface area (Å²) < 4.78 is 24.9. The number of hydrogen-bond acceptors (Lipinski definition) is 5. The second-order valence-electron chi connectivity index (χ2n) is 4.13. The van der Waals surface area contributed by atoms with Crippen molar-refractivity contribution >= 4 is 21.9 Å². The second kappa shape index (κ2) is 5.63. The largest absolute Gasteiger partial charge is 0.480 e. The van der Waals surface area contributed by atoms with Crippen LogP contribution in [0.2, 0.25) is 0 Å². The zero-order valence-electron chi connectivity index (χ0n) is 10.1. The fourth-order valence-electron chi connectivity index (χ4n) is 1.68. The monoisotopic (exact) mass is 279 g/mol. The van der Waals surface area contributed by atoms with Crippen molar-refractivity contribution in [2.24, 2.45) is 5.73 Å². The van der Waals surface area contributed by atoms with Gasteiger partial charge in [-0.05, 0) is 0 Å². The SMILES string of the molecule is CC(=O)N1CCN(S(=O)(=O)CC(N)C(=O)O)CC1. The van der Waals surface area contributed by atoms with Crippen LogP contribution in [0.25, 0.3) is 0 Å². The standard InChI is InChI=1S/C9H17N3O5S/c1-7(13)11-2-4-12(5-3-11)18(16,17)6-8(10)9(14)15/h8H,2-6,10H2,1H3,(H,14,15). The van der Waals surface area contributed by atoms with E-state index in [1.807, 2.05) is 0 Å². The van der Waals surface area contributed by atoms with Crippen LogP contribution in [0, 0.1) is 0 Å². The minimum Gasteiger partial charge on any atom is -0.480 e. The second-order valence-corrected chi connectivity index (χ2v) is 6.14. The molecule has 1 rings (SSSR count). The van der Waals surface area contributed by atoms with Crippen molar-refractivity contribution in [3.63, 3.8) is 0 Å². The molecule has 1 saturated heterocycles. The Hall–Kier alpha value is -1.19.